The third-order valence-corrected chi connectivity index (χ3v) is 4.52. The van der Waals surface area contributed by atoms with E-state index in [1.165, 1.54) is 5.56 Å². The summed E-state index contributed by atoms with van der Waals surface area (Å²) < 4.78 is 0. The summed E-state index contributed by atoms with van der Waals surface area (Å²) in [6.07, 6.45) is 6.61. The molecule has 0 aliphatic rings. The Hall–Kier alpha value is -3.21. The lowest BCUT2D eigenvalue weighted by molar-refractivity contribution is -0.115. The number of rotatable bonds is 7. The molecular weight excluding hydrogens is 336 g/mol. The first kappa shape index (κ1) is 18.6. The van der Waals surface area contributed by atoms with Crippen LogP contribution in [-0.4, -0.2) is 29.5 Å². The molecule has 0 saturated carbocycles. The SMILES string of the molecule is Cc1ccccc1CC(=O)Nc1ccc(N(C)CCc2ccncc2)nc1. The van der Waals surface area contributed by atoms with E-state index in [0.29, 0.717) is 12.1 Å². The van der Waals surface area contributed by atoms with E-state index in [9.17, 15) is 4.79 Å². The third-order valence-electron chi connectivity index (χ3n) is 4.52. The van der Waals surface area contributed by atoms with Gasteiger partial charge < -0.3 is 10.2 Å². The first-order valence-corrected chi connectivity index (χ1v) is 9.02. The summed E-state index contributed by atoms with van der Waals surface area (Å²) in [5, 5.41) is 2.91. The Kier molecular flexibility index (Phi) is 6.15. The van der Waals surface area contributed by atoms with Crippen molar-refractivity contribution >= 4 is 17.4 Å². The standard InChI is InChI=1S/C22H24N4O/c1-17-5-3-4-6-19(17)15-22(27)25-20-7-8-21(24-16-20)26(2)14-11-18-9-12-23-13-10-18/h3-10,12-13,16H,11,14-15H2,1-2H3,(H,25,27). The molecule has 0 bridgehead atoms. The van der Waals surface area contributed by atoms with Gasteiger partial charge in [0.2, 0.25) is 5.91 Å². The van der Waals surface area contributed by atoms with Gasteiger partial charge in [-0.1, -0.05) is 24.3 Å². The number of carbonyl (C=O) groups is 1. The fourth-order valence-corrected chi connectivity index (χ4v) is 2.83. The molecule has 0 aliphatic carbocycles. The highest BCUT2D eigenvalue weighted by Crippen LogP contribution is 2.15. The first-order valence-electron chi connectivity index (χ1n) is 9.02. The molecule has 0 radical (unpaired) electrons. The highest BCUT2D eigenvalue weighted by atomic mass is 16.1. The zero-order valence-corrected chi connectivity index (χ0v) is 15.7. The Morgan fingerprint density at radius 2 is 1.85 bits per heavy atom. The van der Waals surface area contributed by atoms with Crippen LogP contribution in [0.4, 0.5) is 11.5 Å². The van der Waals surface area contributed by atoms with Gasteiger partial charge in [0.15, 0.2) is 0 Å². The fourth-order valence-electron chi connectivity index (χ4n) is 2.83. The van der Waals surface area contributed by atoms with Gasteiger partial charge >= 0.3 is 0 Å². The second-order valence-electron chi connectivity index (χ2n) is 6.58. The molecule has 0 fully saturated rings. The number of hydrogen-bond donors (Lipinski definition) is 1. The Labute approximate surface area is 160 Å². The number of amides is 1. The van der Waals surface area contributed by atoms with E-state index >= 15 is 0 Å². The van der Waals surface area contributed by atoms with Crippen molar-refractivity contribution in [1.29, 1.82) is 0 Å². The molecule has 0 saturated heterocycles. The van der Waals surface area contributed by atoms with Crippen LogP contribution < -0.4 is 10.2 Å². The maximum Gasteiger partial charge on any atom is 0.228 e. The van der Waals surface area contributed by atoms with Crippen LogP contribution in [-0.2, 0) is 17.6 Å². The minimum Gasteiger partial charge on any atom is -0.359 e. The number of hydrogen-bond acceptors (Lipinski definition) is 4. The van der Waals surface area contributed by atoms with Crippen molar-refractivity contribution < 1.29 is 4.79 Å². The van der Waals surface area contributed by atoms with Crippen molar-refractivity contribution in [3.63, 3.8) is 0 Å². The maximum atomic E-state index is 12.3. The fraction of sp³-hybridized carbons (Fsp3) is 0.227. The van der Waals surface area contributed by atoms with E-state index in [0.717, 1.165) is 29.9 Å². The van der Waals surface area contributed by atoms with E-state index < -0.39 is 0 Å². The minimum atomic E-state index is -0.0371. The lowest BCUT2D eigenvalue weighted by Gasteiger charge is -2.18. The summed E-state index contributed by atoms with van der Waals surface area (Å²) in [6.45, 7) is 2.87. The lowest BCUT2D eigenvalue weighted by Crippen LogP contribution is -2.21. The van der Waals surface area contributed by atoms with Crippen molar-refractivity contribution in [3.8, 4) is 0 Å². The van der Waals surface area contributed by atoms with Gasteiger partial charge in [-0.15, -0.1) is 0 Å². The lowest BCUT2D eigenvalue weighted by atomic mass is 10.1. The molecule has 1 aromatic carbocycles. The van der Waals surface area contributed by atoms with Crippen molar-refractivity contribution in [2.24, 2.45) is 0 Å². The molecule has 3 aromatic rings. The predicted octanol–water partition coefficient (Wildman–Crippen LogP) is 3.65. The largest absolute Gasteiger partial charge is 0.359 e. The Morgan fingerprint density at radius 3 is 2.56 bits per heavy atom. The van der Waals surface area contributed by atoms with Gasteiger partial charge in [-0.2, -0.15) is 0 Å². The van der Waals surface area contributed by atoms with Gasteiger partial charge in [-0.25, -0.2) is 4.98 Å². The second-order valence-corrected chi connectivity index (χ2v) is 6.58. The highest BCUT2D eigenvalue weighted by Gasteiger charge is 2.08. The molecule has 1 amide bonds. The molecule has 0 unspecified atom stereocenters. The summed E-state index contributed by atoms with van der Waals surface area (Å²) in [7, 11) is 2.01. The second kappa shape index (κ2) is 8.94. The van der Waals surface area contributed by atoms with E-state index in [2.05, 4.69) is 20.2 Å². The van der Waals surface area contributed by atoms with Crippen LogP contribution in [0.25, 0.3) is 0 Å². The number of nitrogens with one attached hydrogen (secondary N) is 1. The molecule has 138 valence electrons. The van der Waals surface area contributed by atoms with Gasteiger partial charge in [0, 0.05) is 26.0 Å². The van der Waals surface area contributed by atoms with Crippen LogP contribution in [0.5, 0.6) is 0 Å². The summed E-state index contributed by atoms with van der Waals surface area (Å²) in [5.74, 6) is 0.839. The van der Waals surface area contributed by atoms with Crippen LogP contribution in [0.2, 0.25) is 0 Å². The average molecular weight is 360 g/mol. The van der Waals surface area contributed by atoms with Gasteiger partial charge in [0.05, 0.1) is 18.3 Å². The van der Waals surface area contributed by atoms with E-state index in [1.807, 2.05) is 74.9 Å². The predicted molar refractivity (Wildman–Crippen MR) is 109 cm³/mol. The van der Waals surface area contributed by atoms with Crippen LogP contribution in [0, 0.1) is 6.92 Å². The van der Waals surface area contributed by atoms with Crippen LogP contribution in [0.15, 0.2) is 67.1 Å². The molecule has 5 heteroatoms. The quantitative estimate of drug-likeness (QED) is 0.699. The minimum absolute atomic E-state index is 0.0371. The Bertz CT molecular complexity index is 878. The summed E-state index contributed by atoms with van der Waals surface area (Å²) >= 11 is 0. The summed E-state index contributed by atoms with van der Waals surface area (Å²) in [4.78, 5) is 22.9. The zero-order chi connectivity index (χ0) is 19.1. The molecule has 27 heavy (non-hydrogen) atoms. The molecule has 0 atom stereocenters. The third kappa shape index (κ3) is 5.38. The van der Waals surface area contributed by atoms with E-state index in [1.54, 1.807) is 6.20 Å². The number of carbonyl (C=O) groups excluding carboxylic acids is 1. The van der Waals surface area contributed by atoms with Crippen LogP contribution >= 0.6 is 0 Å². The molecule has 5 nitrogen and oxygen atoms in total. The molecule has 0 spiro atoms. The molecular formula is C22H24N4O. The van der Waals surface area contributed by atoms with Crippen molar-refractivity contribution in [3.05, 3.63) is 83.8 Å². The number of benzene rings is 1. The molecule has 2 aromatic heterocycles. The zero-order valence-electron chi connectivity index (χ0n) is 15.7. The number of likely N-dealkylation sites (N-methyl/N-ethyl adjacent to an activating group) is 1. The monoisotopic (exact) mass is 360 g/mol. The van der Waals surface area contributed by atoms with Crippen molar-refractivity contribution in [2.45, 2.75) is 19.8 Å². The number of aromatic nitrogens is 2. The Morgan fingerprint density at radius 1 is 1.07 bits per heavy atom. The number of aryl methyl sites for hydroxylation is 1. The highest BCUT2D eigenvalue weighted by molar-refractivity contribution is 5.92. The van der Waals surface area contributed by atoms with E-state index in [4.69, 9.17) is 0 Å². The summed E-state index contributed by atoms with van der Waals surface area (Å²) in [6, 6.07) is 15.8. The Balaban J connectivity index is 1.53. The van der Waals surface area contributed by atoms with Gasteiger partial charge in [-0.3, -0.25) is 9.78 Å². The van der Waals surface area contributed by atoms with Crippen molar-refractivity contribution in [1.82, 2.24) is 9.97 Å². The normalized spacial score (nSPS) is 10.4. The molecule has 2 heterocycles. The van der Waals surface area contributed by atoms with Crippen LogP contribution in [0.1, 0.15) is 16.7 Å². The van der Waals surface area contributed by atoms with Crippen molar-refractivity contribution in [2.75, 3.05) is 23.8 Å². The summed E-state index contributed by atoms with van der Waals surface area (Å²) in [5.41, 5.74) is 4.11. The topological polar surface area (TPSA) is 58.1 Å². The average Bonchev–Trinajstić information content (AvgIpc) is 2.69. The van der Waals surface area contributed by atoms with Gasteiger partial charge in [0.1, 0.15) is 5.82 Å². The van der Waals surface area contributed by atoms with E-state index in [-0.39, 0.29) is 5.91 Å². The molecule has 1 N–H and O–H groups in total. The number of pyridine rings is 2. The van der Waals surface area contributed by atoms with Gasteiger partial charge in [0.25, 0.3) is 0 Å². The number of anilines is 2. The maximum absolute atomic E-state index is 12.3. The molecule has 3 rings (SSSR count). The van der Waals surface area contributed by atoms with Crippen LogP contribution in [0.3, 0.4) is 0 Å². The molecule has 0 aliphatic heterocycles. The first-order chi connectivity index (χ1) is 13.1. The smallest absolute Gasteiger partial charge is 0.228 e. The van der Waals surface area contributed by atoms with Gasteiger partial charge in [-0.05, 0) is 54.3 Å². The number of nitrogens with zero attached hydrogens (tertiary/aromatic N) is 3.